The summed E-state index contributed by atoms with van der Waals surface area (Å²) in [6.07, 6.45) is 5.45. The molecule has 7 nitrogen and oxygen atoms in total. The molecule has 3 aromatic rings. The van der Waals surface area contributed by atoms with Crippen LogP contribution >= 0.6 is 23.2 Å². The Balaban J connectivity index is 1.72. The zero-order chi connectivity index (χ0) is 30.3. The standard InChI is InChI=1S/C32H37Cl2N3O4S/c1-3-30(32(39)35-27-13-6-4-7-14-27)36(21-24-12-10-11-23(2)17-24)31(38)22-37(28-19-25(33)18-26(34)20-28)42(40,41)29-15-8-5-9-16-29/h5,8-12,15-20,27,30H,3-4,6-7,13-14,21-22H2,1-2H3,(H,35,39)/t30-/m1/s1. The highest BCUT2D eigenvalue weighted by Crippen LogP contribution is 2.30. The number of amides is 2. The SMILES string of the molecule is CC[C@H](C(=O)NC1CCCCC1)N(Cc1cccc(C)c1)C(=O)CN(c1cc(Cl)cc(Cl)c1)S(=O)(=O)c1ccccc1. The molecule has 0 unspecified atom stereocenters. The molecule has 1 N–H and O–H groups in total. The lowest BCUT2D eigenvalue weighted by Gasteiger charge is -2.34. The molecule has 1 saturated carbocycles. The summed E-state index contributed by atoms with van der Waals surface area (Å²) in [7, 11) is -4.20. The minimum atomic E-state index is -4.20. The molecule has 1 atom stereocenters. The molecule has 0 heterocycles. The maximum Gasteiger partial charge on any atom is 0.264 e. The van der Waals surface area contributed by atoms with Gasteiger partial charge in [-0.3, -0.25) is 13.9 Å². The van der Waals surface area contributed by atoms with Gasteiger partial charge in [-0.15, -0.1) is 0 Å². The predicted octanol–water partition coefficient (Wildman–Crippen LogP) is 6.75. The third kappa shape index (κ3) is 8.06. The number of anilines is 1. The number of carbonyl (C=O) groups is 2. The number of sulfonamides is 1. The highest BCUT2D eigenvalue weighted by molar-refractivity contribution is 7.92. The molecule has 0 aliphatic heterocycles. The van der Waals surface area contributed by atoms with E-state index in [9.17, 15) is 18.0 Å². The molecule has 10 heteroatoms. The Labute approximate surface area is 258 Å². The van der Waals surface area contributed by atoms with Crippen LogP contribution in [0.3, 0.4) is 0 Å². The maximum atomic E-state index is 14.2. The summed E-state index contributed by atoms with van der Waals surface area (Å²) < 4.78 is 28.9. The average Bonchev–Trinajstić information content (AvgIpc) is 2.96. The first kappa shape index (κ1) is 31.9. The number of benzene rings is 3. The molecular formula is C32H37Cl2N3O4S. The predicted molar refractivity (Wildman–Crippen MR) is 168 cm³/mol. The third-order valence-corrected chi connectivity index (χ3v) is 9.74. The summed E-state index contributed by atoms with van der Waals surface area (Å²) in [5.74, 6) is -0.744. The first-order valence-electron chi connectivity index (χ1n) is 14.3. The van der Waals surface area contributed by atoms with E-state index in [-0.39, 0.29) is 39.1 Å². The fourth-order valence-electron chi connectivity index (χ4n) is 5.40. The Hall–Kier alpha value is -3.07. The molecule has 1 aliphatic rings. The number of hydrogen-bond acceptors (Lipinski definition) is 4. The Morgan fingerprint density at radius 3 is 2.21 bits per heavy atom. The van der Waals surface area contributed by atoms with Gasteiger partial charge in [0.1, 0.15) is 12.6 Å². The van der Waals surface area contributed by atoms with Crippen LogP contribution in [0.2, 0.25) is 10.0 Å². The number of nitrogens with zero attached hydrogens (tertiary/aromatic N) is 2. The van der Waals surface area contributed by atoms with Gasteiger partial charge in [0, 0.05) is 22.6 Å². The van der Waals surface area contributed by atoms with Gasteiger partial charge in [-0.2, -0.15) is 0 Å². The summed E-state index contributed by atoms with van der Waals surface area (Å²) in [6.45, 7) is 3.41. The first-order valence-corrected chi connectivity index (χ1v) is 16.5. The molecular weight excluding hydrogens is 593 g/mol. The van der Waals surface area contributed by atoms with Crippen molar-refractivity contribution in [1.82, 2.24) is 10.2 Å². The second-order valence-corrected chi connectivity index (χ2v) is 13.5. The zero-order valence-corrected chi connectivity index (χ0v) is 26.3. The quantitative estimate of drug-likeness (QED) is 0.254. The van der Waals surface area contributed by atoms with E-state index in [0.717, 1.165) is 47.5 Å². The number of rotatable bonds is 11. The third-order valence-electron chi connectivity index (χ3n) is 7.52. The van der Waals surface area contributed by atoms with Crippen LogP contribution in [0.4, 0.5) is 5.69 Å². The van der Waals surface area contributed by atoms with Crippen LogP contribution in [-0.2, 0) is 26.2 Å². The average molecular weight is 631 g/mol. The number of halogens is 2. The molecule has 1 aliphatic carbocycles. The van der Waals surface area contributed by atoms with Gasteiger partial charge in [-0.05, 0) is 62.1 Å². The van der Waals surface area contributed by atoms with E-state index in [0.29, 0.717) is 6.42 Å². The van der Waals surface area contributed by atoms with Gasteiger partial charge in [0.15, 0.2) is 0 Å². The van der Waals surface area contributed by atoms with Crippen LogP contribution in [0.5, 0.6) is 0 Å². The lowest BCUT2D eigenvalue weighted by molar-refractivity contribution is -0.140. The highest BCUT2D eigenvalue weighted by atomic mass is 35.5. The zero-order valence-electron chi connectivity index (χ0n) is 23.9. The maximum absolute atomic E-state index is 14.2. The molecule has 1 fully saturated rings. The van der Waals surface area contributed by atoms with Crippen LogP contribution in [-0.4, -0.2) is 43.8 Å². The minimum Gasteiger partial charge on any atom is -0.352 e. The van der Waals surface area contributed by atoms with E-state index >= 15 is 0 Å². The largest absolute Gasteiger partial charge is 0.352 e. The van der Waals surface area contributed by atoms with Crippen molar-refractivity contribution in [2.75, 3.05) is 10.8 Å². The van der Waals surface area contributed by atoms with Crippen molar-refractivity contribution >= 4 is 50.7 Å². The Morgan fingerprint density at radius 2 is 1.60 bits per heavy atom. The number of carbonyl (C=O) groups excluding carboxylic acids is 2. The fraction of sp³-hybridized carbons (Fsp3) is 0.375. The van der Waals surface area contributed by atoms with Crippen LogP contribution < -0.4 is 9.62 Å². The van der Waals surface area contributed by atoms with Crippen molar-refractivity contribution < 1.29 is 18.0 Å². The molecule has 2 amide bonds. The Bertz CT molecular complexity index is 1470. The van der Waals surface area contributed by atoms with Crippen molar-refractivity contribution in [3.05, 3.63) is 94.0 Å². The van der Waals surface area contributed by atoms with Crippen molar-refractivity contribution in [2.24, 2.45) is 0 Å². The molecule has 0 saturated heterocycles. The first-order chi connectivity index (χ1) is 20.1. The fourth-order valence-corrected chi connectivity index (χ4v) is 7.34. The highest BCUT2D eigenvalue weighted by Gasteiger charge is 2.34. The molecule has 0 aromatic heterocycles. The Kier molecular flexibility index (Phi) is 10.9. The summed E-state index contributed by atoms with van der Waals surface area (Å²) in [4.78, 5) is 29.4. The Morgan fingerprint density at radius 1 is 0.929 bits per heavy atom. The van der Waals surface area contributed by atoms with E-state index in [1.807, 2.05) is 38.1 Å². The number of aryl methyl sites for hydroxylation is 1. The summed E-state index contributed by atoms with van der Waals surface area (Å²) >= 11 is 12.5. The molecule has 3 aromatic carbocycles. The minimum absolute atomic E-state index is 0.0150. The van der Waals surface area contributed by atoms with Gasteiger partial charge < -0.3 is 10.2 Å². The van der Waals surface area contributed by atoms with Crippen molar-refractivity contribution in [3.63, 3.8) is 0 Å². The smallest absolute Gasteiger partial charge is 0.264 e. The van der Waals surface area contributed by atoms with Gasteiger partial charge in [0.05, 0.1) is 10.6 Å². The number of nitrogens with one attached hydrogen (secondary N) is 1. The summed E-state index contributed by atoms with van der Waals surface area (Å²) in [5, 5.41) is 3.62. The van der Waals surface area contributed by atoms with E-state index in [2.05, 4.69) is 5.32 Å². The summed E-state index contributed by atoms with van der Waals surface area (Å²) in [6, 6.07) is 19.3. The second kappa shape index (κ2) is 14.4. The lowest BCUT2D eigenvalue weighted by Crippen LogP contribution is -2.54. The topological polar surface area (TPSA) is 86.8 Å². The van der Waals surface area contributed by atoms with Crippen LogP contribution in [0.1, 0.15) is 56.6 Å². The van der Waals surface area contributed by atoms with E-state index < -0.39 is 28.5 Å². The van der Waals surface area contributed by atoms with Gasteiger partial charge in [0.2, 0.25) is 11.8 Å². The van der Waals surface area contributed by atoms with Crippen LogP contribution in [0, 0.1) is 6.92 Å². The van der Waals surface area contributed by atoms with Crippen molar-refractivity contribution in [2.45, 2.75) is 75.9 Å². The lowest BCUT2D eigenvalue weighted by atomic mass is 9.95. The van der Waals surface area contributed by atoms with Gasteiger partial charge in [-0.25, -0.2) is 8.42 Å². The van der Waals surface area contributed by atoms with E-state index in [1.54, 1.807) is 18.2 Å². The molecule has 0 bridgehead atoms. The molecule has 224 valence electrons. The molecule has 4 rings (SSSR count). The van der Waals surface area contributed by atoms with Gasteiger partial charge in [-0.1, -0.05) is 97.4 Å². The van der Waals surface area contributed by atoms with E-state index in [4.69, 9.17) is 23.2 Å². The van der Waals surface area contributed by atoms with Gasteiger partial charge in [0.25, 0.3) is 10.0 Å². The normalized spacial score (nSPS) is 14.7. The molecule has 42 heavy (non-hydrogen) atoms. The molecule has 0 radical (unpaired) electrons. The van der Waals surface area contributed by atoms with E-state index in [1.165, 1.54) is 35.2 Å². The number of hydrogen-bond donors (Lipinski definition) is 1. The monoisotopic (exact) mass is 629 g/mol. The van der Waals surface area contributed by atoms with Crippen LogP contribution in [0.25, 0.3) is 0 Å². The van der Waals surface area contributed by atoms with Crippen LogP contribution in [0.15, 0.2) is 77.7 Å². The van der Waals surface area contributed by atoms with Crippen molar-refractivity contribution in [1.29, 1.82) is 0 Å². The molecule has 0 spiro atoms. The second-order valence-electron chi connectivity index (χ2n) is 10.7. The summed E-state index contributed by atoms with van der Waals surface area (Å²) in [5.41, 5.74) is 2.01. The van der Waals surface area contributed by atoms with Gasteiger partial charge >= 0.3 is 0 Å². The van der Waals surface area contributed by atoms with Crippen molar-refractivity contribution in [3.8, 4) is 0 Å².